The van der Waals surface area contributed by atoms with Crippen molar-refractivity contribution in [2.45, 2.75) is 6.92 Å². The Labute approximate surface area is 99.4 Å². The lowest BCUT2D eigenvalue weighted by atomic mass is 10.5. The van der Waals surface area contributed by atoms with Crippen molar-refractivity contribution in [1.82, 2.24) is 9.47 Å². The highest BCUT2D eigenvalue weighted by Crippen LogP contribution is 2.24. The molecule has 0 aromatic carbocycles. The third kappa shape index (κ3) is 3.01. The van der Waals surface area contributed by atoms with Gasteiger partial charge in [0, 0.05) is 11.9 Å². The normalized spacial score (nSPS) is 11.5. The number of quaternary nitrogens is 1. The van der Waals surface area contributed by atoms with Crippen LogP contribution in [0.15, 0.2) is 5.38 Å². The van der Waals surface area contributed by atoms with Crippen molar-refractivity contribution in [1.29, 1.82) is 0 Å². The second-order valence-electron chi connectivity index (χ2n) is 3.93. The molecular formula is C10H18N3O2S+. The molecule has 0 aliphatic heterocycles. The van der Waals surface area contributed by atoms with Crippen LogP contribution < -0.4 is 10.2 Å². The van der Waals surface area contributed by atoms with Crippen molar-refractivity contribution in [3.8, 4) is 0 Å². The van der Waals surface area contributed by atoms with Crippen LogP contribution in [0.4, 0.5) is 5.13 Å². The monoisotopic (exact) mass is 244 g/mol. The predicted octanol–water partition coefficient (Wildman–Crippen LogP) is 0.845. The first kappa shape index (κ1) is 13.1. The molecule has 0 atom stereocenters. The first-order chi connectivity index (χ1) is 7.51. The number of rotatable bonds is 5. The maximum absolute atomic E-state index is 11.4. The maximum atomic E-state index is 11.4. The summed E-state index contributed by atoms with van der Waals surface area (Å²) in [5, 5.41) is 2.60. The molecule has 0 aliphatic rings. The van der Waals surface area contributed by atoms with Crippen LogP contribution in [0.2, 0.25) is 0 Å². The largest absolute Gasteiger partial charge is 0.461 e. The zero-order valence-corrected chi connectivity index (χ0v) is 10.7. The van der Waals surface area contributed by atoms with Crippen molar-refractivity contribution >= 4 is 22.4 Å². The molecule has 1 aromatic rings. The lowest BCUT2D eigenvalue weighted by Crippen LogP contribution is -2.44. The molecule has 2 N–H and O–H groups in total. The Bertz CT molecular complexity index is 363. The number of carbonyl (C=O) groups is 1. The van der Waals surface area contributed by atoms with Gasteiger partial charge in [0.25, 0.3) is 5.13 Å². The minimum Gasteiger partial charge on any atom is -0.461 e. The molecule has 0 unspecified atom stereocenters. The lowest BCUT2D eigenvalue weighted by molar-refractivity contribution is 0.0520. The smallest absolute Gasteiger partial charge is 0.358 e. The SMILES string of the molecule is CCOC(=O)c1csc([N+](C)(C)CCN)n1. The van der Waals surface area contributed by atoms with Gasteiger partial charge in [-0.1, -0.05) is 11.3 Å². The van der Waals surface area contributed by atoms with Gasteiger partial charge >= 0.3 is 5.97 Å². The highest BCUT2D eigenvalue weighted by atomic mass is 32.1. The van der Waals surface area contributed by atoms with E-state index in [1.807, 2.05) is 14.1 Å². The Morgan fingerprint density at radius 3 is 2.88 bits per heavy atom. The Kier molecular flexibility index (Phi) is 4.40. The van der Waals surface area contributed by atoms with Crippen LogP contribution in [0.25, 0.3) is 0 Å². The van der Waals surface area contributed by atoms with E-state index in [0.717, 1.165) is 11.7 Å². The number of aromatic nitrogens is 1. The molecule has 0 fully saturated rings. The predicted molar refractivity (Wildman–Crippen MR) is 65.6 cm³/mol. The van der Waals surface area contributed by atoms with Gasteiger partial charge in [-0.2, -0.15) is 4.98 Å². The molecule has 0 bridgehead atoms. The van der Waals surface area contributed by atoms with Crippen LogP contribution in [-0.4, -0.2) is 44.7 Å². The van der Waals surface area contributed by atoms with E-state index >= 15 is 0 Å². The van der Waals surface area contributed by atoms with Crippen LogP contribution in [0.5, 0.6) is 0 Å². The Balaban J connectivity index is 2.82. The molecule has 0 spiro atoms. The van der Waals surface area contributed by atoms with Crippen molar-refractivity contribution in [2.75, 3.05) is 33.8 Å². The van der Waals surface area contributed by atoms with Crippen molar-refractivity contribution < 1.29 is 9.53 Å². The summed E-state index contributed by atoms with van der Waals surface area (Å²) in [6.45, 7) is 3.52. The molecule has 1 aromatic heterocycles. The molecule has 6 heteroatoms. The van der Waals surface area contributed by atoms with Gasteiger partial charge in [-0.05, 0) is 6.92 Å². The summed E-state index contributed by atoms with van der Waals surface area (Å²) in [5.74, 6) is -0.363. The first-order valence-corrected chi connectivity index (χ1v) is 6.05. The summed E-state index contributed by atoms with van der Waals surface area (Å²) in [7, 11) is 4.03. The third-order valence-corrected chi connectivity index (χ3v) is 3.32. The molecule has 5 nitrogen and oxygen atoms in total. The number of esters is 1. The standard InChI is InChI=1S/C10H18N3O2S/c1-4-15-9(14)8-7-16-10(12-8)13(2,3)6-5-11/h7H,4-6,11H2,1-3H3/q+1. The van der Waals surface area contributed by atoms with Gasteiger partial charge in [0.2, 0.25) is 0 Å². The zero-order chi connectivity index (χ0) is 12.2. The summed E-state index contributed by atoms with van der Waals surface area (Å²) < 4.78 is 5.47. The minimum absolute atomic E-state index is 0.363. The summed E-state index contributed by atoms with van der Waals surface area (Å²) >= 11 is 1.46. The fourth-order valence-electron chi connectivity index (χ4n) is 1.26. The summed E-state index contributed by atoms with van der Waals surface area (Å²) in [6.07, 6.45) is 0. The Hall–Kier alpha value is -0.980. The van der Waals surface area contributed by atoms with Crippen molar-refractivity contribution in [2.24, 2.45) is 5.73 Å². The molecule has 1 rings (SSSR count). The van der Waals surface area contributed by atoms with Crippen molar-refractivity contribution in [3.05, 3.63) is 11.1 Å². The van der Waals surface area contributed by atoms with E-state index in [9.17, 15) is 4.79 Å². The number of ether oxygens (including phenoxy) is 1. The van der Waals surface area contributed by atoms with E-state index in [-0.39, 0.29) is 5.97 Å². The van der Waals surface area contributed by atoms with E-state index in [1.54, 1.807) is 12.3 Å². The highest BCUT2D eigenvalue weighted by Gasteiger charge is 2.24. The van der Waals surface area contributed by atoms with Gasteiger partial charge in [0.05, 0.1) is 27.2 Å². The minimum atomic E-state index is -0.363. The van der Waals surface area contributed by atoms with E-state index in [1.165, 1.54) is 11.3 Å². The summed E-state index contributed by atoms with van der Waals surface area (Å²) in [5.41, 5.74) is 5.92. The van der Waals surface area contributed by atoms with Crippen LogP contribution in [0.3, 0.4) is 0 Å². The van der Waals surface area contributed by atoms with Gasteiger partial charge < -0.3 is 10.5 Å². The Morgan fingerprint density at radius 1 is 1.62 bits per heavy atom. The van der Waals surface area contributed by atoms with Gasteiger partial charge in [0.15, 0.2) is 5.69 Å². The number of thiazole rings is 1. The molecular weight excluding hydrogens is 226 g/mol. The van der Waals surface area contributed by atoms with Gasteiger partial charge in [0.1, 0.15) is 0 Å². The van der Waals surface area contributed by atoms with Crippen molar-refractivity contribution in [3.63, 3.8) is 0 Å². The average Bonchev–Trinajstić information content (AvgIpc) is 2.67. The number of nitrogens with zero attached hydrogens (tertiary/aromatic N) is 2. The van der Waals surface area contributed by atoms with Gasteiger partial charge in [-0.15, -0.1) is 0 Å². The van der Waals surface area contributed by atoms with Crippen LogP contribution in [0.1, 0.15) is 17.4 Å². The molecule has 90 valence electrons. The number of hydrogen-bond acceptors (Lipinski definition) is 5. The molecule has 1 heterocycles. The first-order valence-electron chi connectivity index (χ1n) is 5.17. The molecule has 0 saturated heterocycles. The number of likely N-dealkylation sites (N-methyl/N-ethyl adjacent to an activating group) is 1. The molecule has 16 heavy (non-hydrogen) atoms. The molecule has 0 amide bonds. The third-order valence-electron chi connectivity index (χ3n) is 2.18. The number of nitrogens with two attached hydrogens (primary N) is 1. The van der Waals surface area contributed by atoms with Gasteiger partial charge in [-0.25, -0.2) is 4.79 Å². The second kappa shape index (κ2) is 5.38. The van der Waals surface area contributed by atoms with E-state index in [0.29, 0.717) is 23.3 Å². The van der Waals surface area contributed by atoms with Crippen LogP contribution in [-0.2, 0) is 4.74 Å². The average molecular weight is 244 g/mol. The maximum Gasteiger partial charge on any atom is 0.358 e. The lowest BCUT2D eigenvalue weighted by Gasteiger charge is -2.24. The highest BCUT2D eigenvalue weighted by molar-refractivity contribution is 7.13. The van der Waals surface area contributed by atoms with E-state index in [2.05, 4.69) is 4.98 Å². The second-order valence-corrected chi connectivity index (χ2v) is 4.77. The summed E-state index contributed by atoms with van der Waals surface area (Å²) in [6, 6.07) is 0. The Morgan fingerprint density at radius 2 is 2.31 bits per heavy atom. The van der Waals surface area contributed by atoms with E-state index < -0.39 is 0 Å². The number of carbonyl (C=O) groups excluding carboxylic acids is 1. The van der Waals surface area contributed by atoms with Crippen LogP contribution in [0, 0.1) is 0 Å². The number of hydrogen-bond donors (Lipinski definition) is 1. The van der Waals surface area contributed by atoms with Crippen LogP contribution >= 0.6 is 11.3 Å². The summed E-state index contributed by atoms with van der Waals surface area (Å²) in [4.78, 5) is 15.7. The van der Waals surface area contributed by atoms with Gasteiger partial charge in [-0.3, -0.25) is 4.48 Å². The molecule has 0 aliphatic carbocycles. The quantitative estimate of drug-likeness (QED) is 0.616. The zero-order valence-electron chi connectivity index (χ0n) is 9.90. The van der Waals surface area contributed by atoms with E-state index in [4.69, 9.17) is 10.5 Å². The molecule has 0 radical (unpaired) electrons. The molecule has 0 saturated carbocycles. The fourth-order valence-corrected chi connectivity index (χ4v) is 2.15. The fraction of sp³-hybridized carbons (Fsp3) is 0.600. The topological polar surface area (TPSA) is 65.2 Å².